The lowest BCUT2D eigenvalue weighted by molar-refractivity contribution is -0.117. The smallest absolute Gasteiger partial charge is 0.229 e. The molecular weight excluding hydrogens is 294 g/mol. The van der Waals surface area contributed by atoms with E-state index in [1.807, 2.05) is 17.5 Å². The van der Waals surface area contributed by atoms with E-state index in [9.17, 15) is 4.79 Å². The highest BCUT2D eigenvalue weighted by molar-refractivity contribution is 7.14. The average Bonchev–Trinajstić information content (AvgIpc) is 2.92. The average molecular weight is 311 g/mol. The molecule has 112 valence electrons. The van der Waals surface area contributed by atoms with Gasteiger partial charge in [0.15, 0.2) is 5.13 Å². The Morgan fingerprint density at radius 1 is 1.41 bits per heavy atom. The third-order valence-corrected chi connectivity index (χ3v) is 5.09. The maximum absolute atomic E-state index is 12.0. The number of benzene rings is 1. The van der Waals surface area contributed by atoms with Crippen LogP contribution in [0.25, 0.3) is 22.2 Å². The summed E-state index contributed by atoms with van der Waals surface area (Å²) in [5, 5.41) is 6.80. The van der Waals surface area contributed by atoms with Crippen molar-refractivity contribution in [2.24, 2.45) is 11.8 Å². The van der Waals surface area contributed by atoms with Gasteiger partial charge in [0.1, 0.15) is 0 Å². The molecule has 2 aromatic heterocycles. The molecule has 0 spiro atoms. The van der Waals surface area contributed by atoms with Gasteiger partial charge in [0, 0.05) is 33.5 Å². The first-order chi connectivity index (χ1) is 10.6. The van der Waals surface area contributed by atoms with Gasteiger partial charge in [0.05, 0.1) is 5.69 Å². The van der Waals surface area contributed by atoms with E-state index in [0.717, 1.165) is 28.9 Å². The zero-order chi connectivity index (χ0) is 15.3. The zero-order valence-electron chi connectivity index (χ0n) is 12.5. The molecule has 4 nitrogen and oxygen atoms in total. The number of hydrogen-bond donors (Lipinski definition) is 2. The minimum absolute atomic E-state index is 0.101. The van der Waals surface area contributed by atoms with Gasteiger partial charge in [-0.2, -0.15) is 0 Å². The fourth-order valence-electron chi connectivity index (χ4n) is 2.94. The summed E-state index contributed by atoms with van der Waals surface area (Å²) in [6.45, 7) is 4.16. The number of aryl methyl sites for hydroxylation is 1. The van der Waals surface area contributed by atoms with Crippen LogP contribution in [-0.4, -0.2) is 15.9 Å². The number of carbonyl (C=O) groups excluding carboxylic acids is 1. The molecule has 1 saturated carbocycles. The van der Waals surface area contributed by atoms with E-state index in [0.29, 0.717) is 11.0 Å². The first-order valence-corrected chi connectivity index (χ1v) is 8.35. The summed E-state index contributed by atoms with van der Waals surface area (Å²) in [5.74, 6) is 0.779. The van der Waals surface area contributed by atoms with E-state index in [4.69, 9.17) is 0 Å². The summed E-state index contributed by atoms with van der Waals surface area (Å²) >= 11 is 1.48. The van der Waals surface area contributed by atoms with Crippen molar-refractivity contribution in [1.29, 1.82) is 0 Å². The number of anilines is 1. The number of thiazole rings is 1. The number of amides is 1. The van der Waals surface area contributed by atoms with Crippen molar-refractivity contribution in [3.63, 3.8) is 0 Å². The van der Waals surface area contributed by atoms with Crippen molar-refractivity contribution in [1.82, 2.24) is 9.97 Å². The number of fused-ring (bicyclic) bond motifs is 1. The number of rotatable bonds is 3. The predicted molar refractivity (Wildman–Crippen MR) is 90.0 cm³/mol. The van der Waals surface area contributed by atoms with Crippen LogP contribution in [0.3, 0.4) is 0 Å². The van der Waals surface area contributed by atoms with Crippen molar-refractivity contribution >= 4 is 33.3 Å². The first-order valence-electron chi connectivity index (χ1n) is 7.47. The molecule has 0 radical (unpaired) electrons. The molecule has 22 heavy (non-hydrogen) atoms. The number of hydrogen-bond acceptors (Lipinski definition) is 3. The molecule has 0 saturated heterocycles. The Balaban J connectivity index is 1.65. The lowest BCUT2D eigenvalue weighted by Gasteiger charge is -1.99. The standard InChI is InChI=1S/C17H17N3OS/c1-9-7-12(9)16(21)20-17-19-14(8-22-17)15-10(2)18-13-6-4-3-5-11(13)15/h3-6,8-9,12,18H,7H2,1-2H3,(H,19,20,21)/t9-,12+/m1/s1. The third-order valence-electron chi connectivity index (χ3n) is 4.33. The molecule has 2 N–H and O–H groups in total. The maximum atomic E-state index is 12.0. The number of para-hydroxylation sites is 1. The fourth-order valence-corrected chi connectivity index (χ4v) is 3.64. The van der Waals surface area contributed by atoms with Crippen LogP contribution in [0.15, 0.2) is 29.6 Å². The number of nitrogens with one attached hydrogen (secondary N) is 2. The number of carbonyl (C=O) groups is 1. The second kappa shape index (κ2) is 4.95. The molecule has 0 aliphatic heterocycles. The lowest BCUT2D eigenvalue weighted by atomic mass is 10.1. The van der Waals surface area contributed by atoms with Crippen LogP contribution < -0.4 is 5.32 Å². The van der Waals surface area contributed by atoms with E-state index in [2.05, 4.69) is 41.3 Å². The Bertz CT molecular complexity index is 864. The molecule has 2 atom stereocenters. The number of nitrogens with zero attached hydrogens (tertiary/aromatic N) is 1. The van der Waals surface area contributed by atoms with Gasteiger partial charge in [-0.15, -0.1) is 11.3 Å². The van der Waals surface area contributed by atoms with Crippen LogP contribution in [0.4, 0.5) is 5.13 Å². The van der Waals surface area contributed by atoms with Crippen molar-refractivity contribution in [3.8, 4) is 11.3 Å². The van der Waals surface area contributed by atoms with Gasteiger partial charge in [0.25, 0.3) is 0 Å². The van der Waals surface area contributed by atoms with Gasteiger partial charge in [-0.05, 0) is 25.3 Å². The normalized spacial score (nSPS) is 20.3. The summed E-state index contributed by atoms with van der Waals surface area (Å²) in [6, 6.07) is 8.21. The Kier molecular flexibility index (Phi) is 3.04. The van der Waals surface area contributed by atoms with Gasteiger partial charge in [-0.25, -0.2) is 4.98 Å². The van der Waals surface area contributed by atoms with E-state index in [1.54, 1.807) is 0 Å². The molecule has 0 bridgehead atoms. The van der Waals surface area contributed by atoms with Gasteiger partial charge >= 0.3 is 0 Å². The van der Waals surface area contributed by atoms with Crippen LogP contribution >= 0.6 is 11.3 Å². The molecule has 0 unspecified atom stereocenters. The molecule has 1 aliphatic carbocycles. The van der Waals surface area contributed by atoms with Gasteiger partial charge in [0.2, 0.25) is 5.91 Å². The van der Waals surface area contributed by atoms with Crippen LogP contribution in [0.1, 0.15) is 19.0 Å². The molecule has 2 heterocycles. The largest absolute Gasteiger partial charge is 0.358 e. The zero-order valence-corrected chi connectivity index (χ0v) is 13.3. The van der Waals surface area contributed by atoms with Crippen molar-refractivity contribution in [2.45, 2.75) is 20.3 Å². The minimum atomic E-state index is 0.101. The van der Waals surface area contributed by atoms with E-state index < -0.39 is 0 Å². The summed E-state index contributed by atoms with van der Waals surface area (Å²) in [4.78, 5) is 20.0. The molecular formula is C17H17N3OS. The number of H-pyrrole nitrogens is 1. The molecule has 1 aliphatic rings. The minimum Gasteiger partial charge on any atom is -0.358 e. The first kappa shape index (κ1) is 13.5. The maximum Gasteiger partial charge on any atom is 0.229 e. The second-order valence-electron chi connectivity index (χ2n) is 6.02. The summed E-state index contributed by atoms with van der Waals surface area (Å²) < 4.78 is 0. The van der Waals surface area contributed by atoms with Crippen molar-refractivity contribution in [2.75, 3.05) is 5.32 Å². The molecule has 1 amide bonds. The molecule has 5 heteroatoms. The van der Waals surface area contributed by atoms with Crippen LogP contribution in [0.5, 0.6) is 0 Å². The fraction of sp³-hybridized carbons (Fsp3) is 0.294. The van der Waals surface area contributed by atoms with E-state index in [1.165, 1.54) is 16.7 Å². The quantitative estimate of drug-likeness (QED) is 0.762. The van der Waals surface area contributed by atoms with Crippen molar-refractivity contribution in [3.05, 3.63) is 35.3 Å². The number of aromatic nitrogens is 2. The summed E-state index contributed by atoms with van der Waals surface area (Å²) in [5.41, 5.74) is 4.24. The van der Waals surface area contributed by atoms with Gasteiger partial charge in [-0.3, -0.25) is 4.79 Å². The van der Waals surface area contributed by atoms with Gasteiger partial charge in [-0.1, -0.05) is 25.1 Å². The molecule has 1 aromatic carbocycles. The Hall–Kier alpha value is -2.14. The highest BCUT2D eigenvalue weighted by atomic mass is 32.1. The molecule has 1 fully saturated rings. The summed E-state index contributed by atoms with van der Waals surface area (Å²) in [6.07, 6.45) is 0.992. The van der Waals surface area contributed by atoms with Crippen LogP contribution in [0, 0.1) is 18.8 Å². The van der Waals surface area contributed by atoms with Gasteiger partial charge < -0.3 is 10.3 Å². The van der Waals surface area contributed by atoms with Crippen molar-refractivity contribution < 1.29 is 4.79 Å². The Morgan fingerprint density at radius 2 is 2.18 bits per heavy atom. The highest BCUT2D eigenvalue weighted by Crippen LogP contribution is 2.39. The lowest BCUT2D eigenvalue weighted by Crippen LogP contribution is -2.14. The number of aromatic amines is 1. The Labute approximate surface area is 132 Å². The highest BCUT2D eigenvalue weighted by Gasteiger charge is 2.39. The Morgan fingerprint density at radius 3 is 2.95 bits per heavy atom. The SMILES string of the molecule is Cc1[nH]c2ccccc2c1-c1csc(NC(=O)[C@H]2C[C@H]2C)n1. The summed E-state index contributed by atoms with van der Waals surface area (Å²) in [7, 11) is 0. The molecule has 3 aromatic rings. The predicted octanol–water partition coefficient (Wildman–Crippen LogP) is 4.19. The molecule has 4 rings (SSSR count). The van der Waals surface area contributed by atoms with Crippen LogP contribution in [-0.2, 0) is 4.79 Å². The van der Waals surface area contributed by atoms with E-state index in [-0.39, 0.29) is 11.8 Å². The monoisotopic (exact) mass is 311 g/mol. The van der Waals surface area contributed by atoms with E-state index >= 15 is 0 Å². The van der Waals surface area contributed by atoms with Crippen LogP contribution in [0.2, 0.25) is 0 Å². The topological polar surface area (TPSA) is 57.8 Å². The third kappa shape index (κ3) is 2.22. The second-order valence-corrected chi connectivity index (χ2v) is 6.88.